The molecule has 0 aliphatic heterocycles. The van der Waals surface area contributed by atoms with E-state index in [-0.39, 0.29) is 23.9 Å². The fraction of sp³-hybridized carbons (Fsp3) is 0.692. The van der Waals surface area contributed by atoms with E-state index in [0.29, 0.717) is 11.4 Å². The van der Waals surface area contributed by atoms with Crippen LogP contribution in [0.5, 0.6) is 0 Å². The van der Waals surface area contributed by atoms with Gasteiger partial charge in [0.2, 0.25) is 0 Å². The Labute approximate surface area is 113 Å². The normalized spacial score (nSPS) is 14.7. The molecule has 1 heterocycles. The number of nitrogens with one attached hydrogen (secondary N) is 2. The minimum atomic E-state index is -0.361. The van der Waals surface area contributed by atoms with E-state index in [4.69, 9.17) is 9.47 Å². The van der Waals surface area contributed by atoms with Gasteiger partial charge in [-0.1, -0.05) is 0 Å². The second-order valence-electron chi connectivity index (χ2n) is 4.67. The number of aromatic amines is 1. The van der Waals surface area contributed by atoms with Crippen LogP contribution in [-0.2, 0) is 9.47 Å². The number of aryl methyl sites for hydroxylation is 2. The number of methoxy groups -OCH3 is 2. The highest BCUT2D eigenvalue weighted by Crippen LogP contribution is 2.13. The predicted molar refractivity (Wildman–Crippen MR) is 73.2 cm³/mol. The van der Waals surface area contributed by atoms with Crippen LogP contribution in [0.3, 0.4) is 0 Å². The lowest BCUT2D eigenvalue weighted by atomic mass is 10.1. The van der Waals surface area contributed by atoms with Crippen LogP contribution in [0, 0.1) is 13.8 Å². The fourth-order valence-corrected chi connectivity index (χ4v) is 2.31. The van der Waals surface area contributed by atoms with Gasteiger partial charge in [0.05, 0.1) is 11.6 Å². The van der Waals surface area contributed by atoms with Gasteiger partial charge in [0.25, 0.3) is 5.56 Å². The number of aromatic nitrogens is 2. The lowest BCUT2D eigenvalue weighted by molar-refractivity contribution is -0.120. The number of hydrogen-bond donors (Lipinski definition) is 2. The third-order valence-corrected chi connectivity index (χ3v) is 3.08. The lowest BCUT2D eigenvalue weighted by Crippen LogP contribution is -2.42. The van der Waals surface area contributed by atoms with Crippen LogP contribution in [0.1, 0.15) is 37.0 Å². The molecule has 19 heavy (non-hydrogen) atoms. The Kier molecular flexibility index (Phi) is 5.65. The van der Waals surface area contributed by atoms with Crippen molar-refractivity contribution in [3.05, 3.63) is 27.4 Å². The van der Waals surface area contributed by atoms with Crippen molar-refractivity contribution >= 4 is 0 Å². The second kappa shape index (κ2) is 6.79. The van der Waals surface area contributed by atoms with Crippen LogP contribution in [0.2, 0.25) is 0 Å². The summed E-state index contributed by atoms with van der Waals surface area (Å²) in [4.78, 5) is 19.0. The lowest BCUT2D eigenvalue weighted by Gasteiger charge is -2.26. The van der Waals surface area contributed by atoms with Crippen molar-refractivity contribution in [2.75, 3.05) is 14.2 Å². The van der Waals surface area contributed by atoms with Gasteiger partial charge < -0.3 is 19.8 Å². The first-order valence-corrected chi connectivity index (χ1v) is 6.29. The van der Waals surface area contributed by atoms with Crippen LogP contribution < -0.4 is 10.9 Å². The second-order valence-corrected chi connectivity index (χ2v) is 4.67. The van der Waals surface area contributed by atoms with Crippen LogP contribution in [0.15, 0.2) is 4.79 Å². The molecule has 6 nitrogen and oxygen atoms in total. The number of ether oxygens (including phenoxy) is 2. The quantitative estimate of drug-likeness (QED) is 0.755. The van der Waals surface area contributed by atoms with Crippen LogP contribution >= 0.6 is 0 Å². The molecule has 1 aromatic heterocycles. The molecular weight excluding hydrogens is 246 g/mol. The maximum atomic E-state index is 12.0. The molecule has 0 radical (unpaired) electrons. The summed E-state index contributed by atoms with van der Waals surface area (Å²) < 4.78 is 10.4. The van der Waals surface area contributed by atoms with E-state index in [2.05, 4.69) is 15.3 Å². The fourth-order valence-electron chi connectivity index (χ4n) is 2.31. The average Bonchev–Trinajstić information content (AvgIpc) is 2.28. The Morgan fingerprint density at radius 1 is 1.21 bits per heavy atom. The van der Waals surface area contributed by atoms with E-state index in [1.165, 1.54) is 0 Å². The first-order valence-electron chi connectivity index (χ1n) is 6.29. The van der Waals surface area contributed by atoms with Crippen LogP contribution in [0.25, 0.3) is 0 Å². The van der Waals surface area contributed by atoms with E-state index in [1.54, 1.807) is 21.1 Å². The summed E-state index contributed by atoms with van der Waals surface area (Å²) >= 11 is 0. The van der Waals surface area contributed by atoms with Gasteiger partial charge in [-0.25, -0.2) is 4.98 Å². The maximum absolute atomic E-state index is 12.0. The molecule has 0 aliphatic carbocycles. The van der Waals surface area contributed by atoms with Crippen molar-refractivity contribution in [1.29, 1.82) is 0 Å². The zero-order valence-corrected chi connectivity index (χ0v) is 12.4. The number of rotatable bonds is 6. The molecule has 108 valence electrons. The highest BCUT2D eigenvalue weighted by Gasteiger charge is 2.21. The van der Waals surface area contributed by atoms with Gasteiger partial charge in [-0.05, 0) is 27.7 Å². The van der Waals surface area contributed by atoms with Crippen LogP contribution in [-0.4, -0.2) is 36.5 Å². The summed E-state index contributed by atoms with van der Waals surface area (Å²) in [5, 5.41) is 3.29. The van der Waals surface area contributed by atoms with Gasteiger partial charge in [-0.15, -0.1) is 0 Å². The third-order valence-electron chi connectivity index (χ3n) is 3.08. The first kappa shape index (κ1) is 15.8. The van der Waals surface area contributed by atoms with Crippen molar-refractivity contribution < 1.29 is 9.47 Å². The SMILES string of the molecule is COC(OC)C(C)NC(C)c1c(C)nc(C)[nH]c1=O. The number of H-pyrrole nitrogens is 1. The Bertz CT molecular complexity index is 469. The summed E-state index contributed by atoms with van der Waals surface area (Å²) in [7, 11) is 3.17. The van der Waals surface area contributed by atoms with Gasteiger partial charge >= 0.3 is 0 Å². The molecule has 2 atom stereocenters. The molecule has 6 heteroatoms. The Morgan fingerprint density at radius 2 is 1.79 bits per heavy atom. The molecule has 0 saturated carbocycles. The van der Waals surface area contributed by atoms with Crippen molar-refractivity contribution in [3.8, 4) is 0 Å². The molecule has 0 aliphatic rings. The van der Waals surface area contributed by atoms with E-state index < -0.39 is 0 Å². The molecule has 1 aromatic rings. The summed E-state index contributed by atoms with van der Waals surface area (Å²) in [6.07, 6.45) is -0.361. The smallest absolute Gasteiger partial charge is 0.255 e. The number of hydrogen-bond acceptors (Lipinski definition) is 5. The van der Waals surface area contributed by atoms with Crippen molar-refractivity contribution in [1.82, 2.24) is 15.3 Å². The van der Waals surface area contributed by atoms with Gasteiger partial charge in [0.15, 0.2) is 6.29 Å². The summed E-state index contributed by atoms with van der Waals surface area (Å²) in [5.41, 5.74) is 1.27. The van der Waals surface area contributed by atoms with Crippen molar-refractivity contribution in [2.24, 2.45) is 0 Å². The van der Waals surface area contributed by atoms with E-state index in [9.17, 15) is 4.79 Å². The van der Waals surface area contributed by atoms with E-state index in [0.717, 1.165) is 5.69 Å². The minimum Gasteiger partial charge on any atom is -0.354 e. The first-order chi connectivity index (χ1) is 8.90. The van der Waals surface area contributed by atoms with E-state index in [1.807, 2.05) is 20.8 Å². The van der Waals surface area contributed by atoms with E-state index >= 15 is 0 Å². The monoisotopic (exact) mass is 269 g/mol. The average molecular weight is 269 g/mol. The molecule has 2 N–H and O–H groups in total. The summed E-state index contributed by atoms with van der Waals surface area (Å²) in [5.74, 6) is 0.623. The van der Waals surface area contributed by atoms with Crippen LogP contribution in [0.4, 0.5) is 0 Å². The van der Waals surface area contributed by atoms with Gasteiger partial charge in [0, 0.05) is 26.0 Å². The third kappa shape index (κ3) is 3.86. The van der Waals surface area contributed by atoms with Gasteiger partial charge in [-0.2, -0.15) is 0 Å². The maximum Gasteiger partial charge on any atom is 0.255 e. The summed E-state index contributed by atoms with van der Waals surface area (Å²) in [6, 6.07) is -0.190. The topological polar surface area (TPSA) is 76.2 Å². The van der Waals surface area contributed by atoms with Gasteiger partial charge in [-0.3, -0.25) is 4.79 Å². The van der Waals surface area contributed by atoms with Crippen molar-refractivity contribution in [2.45, 2.75) is 46.1 Å². The molecule has 2 unspecified atom stereocenters. The Morgan fingerprint density at radius 3 is 2.26 bits per heavy atom. The highest BCUT2D eigenvalue weighted by atomic mass is 16.7. The molecule has 0 spiro atoms. The standard InChI is InChI=1S/C13H23N3O3/c1-7(14-9(3)13(18-5)19-6)11-8(2)15-10(4)16-12(11)17/h7,9,13-14H,1-6H3,(H,15,16,17). The minimum absolute atomic E-state index is 0.0508. The molecule has 0 bridgehead atoms. The molecule has 0 aromatic carbocycles. The predicted octanol–water partition coefficient (Wildman–Crippen LogP) is 1.04. The molecule has 0 amide bonds. The highest BCUT2D eigenvalue weighted by molar-refractivity contribution is 5.20. The zero-order valence-electron chi connectivity index (χ0n) is 12.4. The zero-order chi connectivity index (χ0) is 14.6. The Balaban J connectivity index is 2.90. The Hall–Kier alpha value is -1.24. The summed E-state index contributed by atoms with van der Waals surface area (Å²) in [6.45, 7) is 7.47. The van der Waals surface area contributed by atoms with Gasteiger partial charge in [0.1, 0.15) is 5.82 Å². The molecule has 0 fully saturated rings. The molecule has 0 saturated heterocycles. The molecular formula is C13H23N3O3. The number of nitrogens with zero attached hydrogens (tertiary/aromatic N) is 1. The van der Waals surface area contributed by atoms with Crippen molar-refractivity contribution in [3.63, 3.8) is 0 Å². The molecule has 1 rings (SSSR count). The largest absolute Gasteiger partial charge is 0.354 e.